The summed E-state index contributed by atoms with van der Waals surface area (Å²) >= 11 is 0. The van der Waals surface area contributed by atoms with Crippen LogP contribution < -0.4 is 5.32 Å². The molecule has 2 heterocycles. The number of benzene rings is 2. The van der Waals surface area contributed by atoms with Crippen molar-refractivity contribution in [3.05, 3.63) is 59.7 Å². The van der Waals surface area contributed by atoms with Crippen LogP contribution in [0.15, 0.2) is 48.5 Å². The van der Waals surface area contributed by atoms with Crippen molar-refractivity contribution in [2.75, 3.05) is 13.2 Å². The first kappa shape index (κ1) is 20.5. The third kappa shape index (κ3) is 3.06. The van der Waals surface area contributed by atoms with Crippen LogP contribution in [-0.4, -0.2) is 52.7 Å². The zero-order chi connectivity index (χ0) is 22.5. The van der Waals surface area contributed by atoms with E-state index in [-0.39, 0.29) is 24.3 Å². The van der Waals surface area contributed by atoms with Gasteiger partial charge in [-0.05, 0) is 47.4 Å². The maximum absolute atomic E-state index is 13.0. The molecule has 3 fully saturated rings. The maximum Gasteiger partial charge on any atom is 0.407 e. The smallest absolute Gasteiger partial charge is 0.407 e. The van der Waals surface area contributed by atoms with Crippen LogP contribution in [0.5, 0.6) is 0 Å². The highest BCUT2D eigenvalue weighted by atomic mass is 16.5. The van der Waals surface area contributed by atoms with Crippen molar-refractivity contribution < 1.29 is 24.2 Å². The number of hydrogen-bond acceptors (Lipinski definition) is 4. The molecule has 6 rings (SSSR count). The van der Waals surface area contributed by atoms with E-state index in [9.17, 15) is 19.5 Å². The summed E-state index contributed by atoms with van der Waals surface area (Å²) in [4.78, 5) is 38.8. The van der Waals surface area contributed by atoms with Crippen molar-refractivity contribution in [1.29, 1.82) is 0 Å². The number of rotatable bonds is 6. The van der Waals surface area contributed by atoms with Crippen LogP contribution in [0.4, 0.5) is 4.79 Å². The standard InChI is InChI=1S/C25H26N2O5/c1-2-21(22(28)27-13-15-11-25(27,12-15)23(29)30)26-24(31)32-14-20-18-9-5-3-7-16(18)17-8-4-6-10-19(17)20/h3-10,15,20-21H,2,11-14H2,1H3,(H,26,31)(H,29,30)/t15?,21-,25?/m0/s1. The molecule has 0 radical (unpaired) electrons. The number of alkyl carbamates (subject to hydrolysis) is 1. The van der Waals surface area contributed by atoms with E-state index in [0.29, 0.717) is 25.8 Å². The van der Waals surface area contributed by atoms with Crippen molar-refractivity contribution in [1.82, 2.24) is 10.2 Å². The molecule has 32 heavy (non-hydrogen) atoms. The zero-order valence-electron chi connectivity index (χ0n) is 17.9. The molecule has 2 amide bonds. The summed E-state index contributed by atoms with van der Waals surface area (Å²) in [5.41, 5.74) is 3.42. The van der Waals surface area contributed by atoms with E-state index < -0.39 is 23.6 Å². The van der Waals surface area contributed by atoms with Gasteiger partial charge in [0.1, 0.15) is 18.2 Å². The highest BCUT2D eigenvalue weighted by molar-refractivity contribution is 5.93. The molecule has 4 aliphatic rings. The van der Waals surface area contributed by atoms with Crippen LogP contribution in [0.3, 0.4) is 0 Å². The van der Waals surface area contributed by atoms with Gasteiger partial charge in [0.05, 0.1) is 0 Å². The summed E-state index contributed by atoms with van der Waals surface area (Å²) in [7, 11) is 0. The second kappa shape index (κ2) is 7.65. The van der Waals surface area contributed by atoms with Gasteiger partial charge in [-0.15, -0.1) is 0 Å². The van der Waals surface area contributed by atoms with Gasteiger partial charge in [0.2, 0.25) is 5.91 Å². The molecule has 2 aromatic rings. The van der Waals surface area contributed by atoms with E-state index in [1.165, 1.54) is 4.90 Å². The molecule has 2 N–H and O–H groups in total. The zero-order valence-corrected chi connectivity index (χ0v) is 17.9. The topological polar surface area (TPSA) is 95.9 Å². The molecule has 2 saturated heterocycles. The lowest BCUT2D eigenvalue weighted by atomic mass is 9.73. The van der Waals surface area contributed by atoms with Gasteiger partial charge >= 0.3 is 12.1 Å². The van der Waals surface area contributed by atoms with Gasteiger partial charge in [-0.25, -0.2) is 9.59 Å². The van der Waals surface area contributed by atoms with Crippen molar-refractivity contribution >= 4 is 18.0 Å². The van der Waals surface area contributed by atoms with Gasteiger partial charge in [0, 0.05) is 12.5 Å². The molecule has 166 valence electrons. The lowest BCUT2D eigenvalue weighted by Gasteiger charge is -2.38. The largest absolute Gasteiger partial charge is 0.479 e. The number of hydrogen-bond donors (Lipinski definition) is 2. The SMILES string of the molecule is CC[C@H](NC(=O)OCC1c2ccccc2-c2ccccc21)C(=O)N1CC2CC1(C(=O)O)C2. The van der Waals surface area contributed by atoms with Crippen LogP contribution in [0.25, 0.3) is 11.1 Å². The summed E-state index contributed by atoms with van der Waals surface area (Å²) in [5.74, 6) is -1.13. The van der Waals surface area contributed by atoms with Gasteiger partial charge in [-0.2, -0.15) is 0 Å². The molecule has 7 nitrogen and oxygen atoms in total. The van der Waals surface area contributed by atoms with E-state index >= 15 is 0 Å². The number of carbonyl (C=O) groups is 3. The van der Waals surface area contributed by atoms with E-state index in [0.717, 1.165) is 22.3 Å². The Morgan fingerprint density at radius 2 is 1.69 bits per heavy atom. The average molecular weight is 434 g/mol. The van der Waals surface area contributed by atoms with Crippen molar-refractivity contribution in [2.24, 2.45) is 5.92 Å². The molecule has 0 aromatic heterocycles. The molecular formula is C25H26N2O5. The first-order valence-electron chi connectivity index (χ1n) is 11.1. The molecule has 2 aliphatic carbocycles. The summed E-state index contributed by atoms with van der Waals surface area (Å²) in [6, 6.07) is 15.4. The summed E-state index contributed by atoms with van der Waals surface area (Å²) in [6.07, 6.45) is 0.688. The third-order valence-electron chi connectivity index (χ3n) is 7.22. The Morgan fingerprint density at radius 3 is 2.25 bits per heavy atom. The number of carboxylic acid groups (broad SMARTS) is 1. The minimum Gasteiger partial charge on any atom is -0.479 e. The molecule has 7 heteroatoms. The van der Waals surface area contributed by atoms with Crippen LogP contribution in [0.1, 0.15) is 43.2 Å². The number of nitrogens with zero attached hydrogens (tertiary/aromatic N) is 1. The molecule has 1 saturated carbocycles. The molecule has 0 spiro atoms. The Labute approximate surface area is 186 Å². The second-order valence-electron chi connectivity index (χ2n) is 8.99. The number of aliphatic carboxylic acids is 1. The predicted molar refractivity (Wildman–Crippen MR) is 117 cm³/mol. The monoisotopic (exact) mass is 434 g/mol. The van der Waals surface area contributed by atoms with Crippen LogP contribution in [0.2, 0.25) is 0 Å². The van der Waals surface area contributed by atoms with Crippen molar-refractivity contribution in [3.63, 3.8) is 0 Å². The number of fused-ring (bicyclic) bond motifs is 4. The van der Waals surface area contributed by atoms with E-state index in [2.05, 4.69) is 17.4 Å². The Bertz CT molecular complexity index is 1050. The molecule has 0 unspecified atom stereocenters. The second-order valence-corrected chi connectivity index (χ2v) is 8.99. The number of amides is 2. The van der Waals surface area contributed by atoms with Crippen LogP contribution >= 0.6 is 0 Å². The Hall–Kier alpha value is -3.35. The minimum absolute atomic E-state index is 0.0648. The van der Waals surface area contributed by atoms with Gasteiger partial charge in [-0.1, -0.05) is 55.5 Å². The molecule has 1 atom stereocenters. The van der Waals surface area contributed by atoms with Crippen LogP contribution in [0, 0.1) is 5.92 Å². The van der Waals surface area contributed by atoms with E-state index in [1.807, 2.05) is 36.4 Å². The third-order valence-corrected chi connectivity index (χ3v) is 7.22. The predicted octanol–water partition coefficient (Wildman–Crippen LogP) is 3.38. The number of carboxylic acids is 1. The average Bonchev–Trinajstić information content (AvgIpc) is 3.44. The molecule has 2 bridgehead atoms. The summed E-state index contributed by atoms with van der Waals surface area (Å²) in [5, 5.41) is 12.3. The van der Waals surface area contributed by atoms with Gasteiger partial charge < -0.3 is 20.1 Å². The lowest BCUT2D eigenvalue weighted by Crippen LogP contribution is -2.58. The maximum atomic E-state index is 13.0. The Morgan fingerprint density at radius 1 is 1.09 bits per heavy atom. The minimum atomic E-state index is -1.10. The van der Waals surface area contributed by atoms with E-state index in [4.69, 9.17) is 4.74 Å². The summed E-state index contributed by atoms with van der Waals surface area (Å²) in [6.45, 7) is 2.39. The number of carbonyl (C=O) groups excluding carboxylic acids is 2. The van der Waals surface area contributed by atoms with Crippen molar-refractivity contribution in [3.8, 4) is 11.1 Å². The molecular weight excluding hydrogens is 408 g/mol. The first-order chi connectivity index (χ1) is 15.4. The fourth-order valence-electron chi connectivity index (χ4n) is 5.58. The van der Waals surface area contributed by atoms with Gasteiger partial charge in [0.15, 0.2) is 0 Å². The highest BCUT2D eigenvalue weighted by Crippen LogP contribution is 2.51. The quantitative estimate of drug-likeness (QED) is 0.727. The Balaban J connectivity index is 1.25. The normalized spacial score (nSPS) is 23.7. The van der Waals surface area contributed by atoms with Crippen LogP contribution in [-0.2, 0) is 14.3 Å². The summed E-state index contributed by atoms with van der Waals surface area (Å²) < 4.78 is 5.56. The Kier molecular flexibility index (Phi) is 4.92. The molecule has 2 aliphatic heterocycles. The molecule has 2 aromatic carbocycles. The number of ether oxygens (including phenoxy) is 1. The van der Waals surface area contributed by atoms with Gasteiger partial charge in [0.25, 0.3) is 0 Å². The fraction of sp³-hybridized carbons (Fsp3) is 0.400. The van der Waals surface area contributed by atoms with E-state index in [1.54, 1.807) is 6.92 Å². The first-order valence-corrected chi connectivity index (χ1v) is 11.1. The van der Waals surface area contributed by atoms with Gasteiger partial charge in [-0.3, -0.25) is 4.79 Å². The number of nitrogens with one attached hydrogen (secondary N) is 1. The fourth-order valence-corrected chi connectivity index (χ4v) is 5.58. The van der Waals surface area contributed by atoms with Crippen molar-refractivity contribution in [2.45, 2.75) is 43.7 Å². The highest BCUT2D eigenvalue weighted by Gasteiger charge is 2.63. The lowest BCUT2D eigenvalue weighted by molar-refractivity contribution is -0.159.